The number of thiol groups is 1. The van der Waals surface area contributed by atoms with E-state index in [1.807, 2.05) is 19.1 Å². The number of amides is 2. The van der Waals surface area contributed by atoms with E-state index < -0.39 is 43.1 Å². The van der Waals surface area contributed by atoms with Crippen molar-refractivity contribution in [3.63, 3.8) is 0 Å². The number of hydrogen-bond donors (Lipinski definition) is 6. The molecule has 0 saturated carbocycles. The highest BCUT2D eigenvalue weighted by atomic mass is 32.1. The highest BCUT2D eigenvalue weighted by Gasteiger charge is 2.45. The van der Waals surface area contributed by atoms with Gasteiger partial charge in [0.25, 0.3) is 0 Å². The molecule has 2 unspecified atom stereocenters. The molecule has 0 radical (unpaired) electrons. The molecule has 0 bridgehead atoms. The molecule has 39 heavy (non-hydrogen) atoms. The van der Waals surface area contributed by atoms with E-state index in [2.05, 4.69) is 59.7 Å². The maximum Gasteiger partial charge on any atom is 0.305 e. The number of nitrogens with one attached hydrogen (secondary N) is 2. The minimum atomic E-state index is -1.38. The molecule has 1 heterocycles. The van der Waals surface area contributed by atoms with Gasteiger partial charge < -0.3 is 35.4 Å². The van der Waals surface area contributed by atoms with Gasteiger partial charge in [0.1, 0.15) is 31.0 Å². The van der Waals surface area contributed by atoms with Gasteiger partial charge >= 0.3 is 5.97 Å². The number of rotatable bonds is 8. The summed E-state index contributed by atoms with van der Waals surface area (Å²) in [7, 11) is 0. The fourth-order valence-electron chi connectivity index (χ4n) is 4.61. The Kier molecular flexibility index (Phi) is 11.3. The van der Waals surface area contributed by atoms with Crippen molar-refractivity contribution >= 4 is 30.4 Å². The molecule has 2 aliphatic rings. The second kappa shape index (κ2) is 14.4. The molecule has 1 aliphatic carbocycles. The molecular formula is C28H36N2O8S. The van der Waals surface area contributed by atoms with E-state index in [0.717, 1.165) is 0 Å². The molecule has 10 nitrogen and oxygen atoms in total. The lowest BCUT2D eigenvalue weighted by Gasteiger charge is -2.42. The van der Waals surface area contributed by atoms with Crippen LogP contribution in [0.3, 0.4) is 0 Å². The minimum absolute atomic E-state index is 0.114. The van der Waals surface area contributed by atoms with Crippen LogP contribution in [-0.2, 0) is 23.9 Å². The Bertz CT molecular complexity index is 1100. The standard InChI is InChI=1S/C17H16O2.C11H20N2O6S/c1-2-17(18)19-11-16-14-9-5-3-7-12(14)13-8-4-6-10-15(13)16;1-2-6(15)13-11-8(12-7(16)4-20)10(18)9(17)5(3-14)19-11/h3-10,16H,2,11H2,1H3;5,8-11,14,17-18,20H,2-4H2,1H3,(H,12,16)(H,13,15)/t;5?,8?,9-,10-,11-/m.1/s1. The third-order valence-corrected chi connectivity index (χ3v) is 6.97. The zero-order chi connectivity index (χ0) is 28.5. The summed E-state index contributed by atoms with van der Waals surface area (Å²) < 4.78 is 10.7. The molecule has 5 N–H and O–H groups in total. The van der Waals surface area contributed by atoms with Crippen LogP contribution in [-0.4, -0.2) is 82.7 Å². The van der Waals surface area contributed by atoms with Crippen LogP contribution in [0, 0.1) is 0 Å². The van der Waals surface area contributed by atoms with E-state index in [4.69, 9.17) is 14.6 Å². The van der Waals surface area contributed by atoms with E-state index in [0.29, 0.717) is 13.0 Å². The number of ether oxygens (including phenoxy) is 2. The smallest absolute Gasteiger partial charge is 0.305 e. The quantitative estimate of drug-likeness (QED) is 0.207. The average molecular weight is 561 g/mol. The summed E-state index contributed by atoms with van der Waals surface area (Å²) in [4.78, 5) is 34.2. The first-order chi connectivity index (χ1) is 18.7. The van der Waals surface area contributed by atoms with Crippen molar-refractivity contribution < 1.29 is 39.2 Å². The van der Waals surface area contributed by atoms with Gasteiger partial charge in [-0.15, -0.1) is 0 Å². The summed E-state index contributed by atoms with van der Waals surface area (Å²) in [5, 5.41) is 33.8. The summed E-state index contributed by atoms with van der Waals surface area (Å²) in [6.07, 6.45) is -4.23. The van der Waals surface area contributed by atoms with Crippen LogP contribution in [0.4, 0.5) is 0 Å². The van der Waals surface area contributed by atoms with Gasteiger partial charge in [-0.25, -0.2) is 0 Å². The highest BCUT2D eigenvalue weighted by Crippen LogP contribution is 2.44. The number of aliphatic hydroxyl groups is 3. The largest absolute Gasteiger partial charge is 0.465 e. The molecule has 0 aromatic heterocycles. The van der Waals surface area contributed by atoms with Crippen LogP contribution in [0.25, 0.3) is 11.1 Å². The molecule has 2 amide bonds. The van der Waals surface area contributed by atoms with Gasteiger partial charge in [-0.05, 0) is 22.3 Å². The molecule has 5 atom stereocenters. The first-order valence-corrected chi connectivity index (χ1v) is 13.5. The Labute approximate surface area is 233 Å². The summed E-state index contributed by atoms with van der Waals surface area (Å²) in [5.74, 6) is -0.909. The van der Waals surface area contributed by atoms with Gasteiger partial charge in [-0.1, -0.05) is 62.4 Å². The topological polar surface area (TPSA) is 154 Å². The summed E-state index contributed by atoms with van der Waals surface area (Å²) in [6.45, 7) is 3.36. The summed E-state index contributed by atoms with van der Waals surface area (Å²) >= 11 is 3.80. The molecule has 11 heteroatoms. The first-order valence-electron chi connectivity index (χ1n) is 12.9. The minimum Gasteiger partial charge on any atom is -0.465 e. The maximum absolute atomic E-state index is 11.4. The fourth-order valence-corrected chi connectivity index (χ4v) is 4.70. The number of esters is 1. The molecule has 1 fully saturated rings. The SMILES string of the molecule is CCC(=O)N[C@@H]1OC(CO)[C@@H](O)[C@H](O)C1NC(=O)CS.CCC(=O)OCC1c2ccccc2-c2ccccc21. The lowest BCUT2D eigenvalue weighted by molar-refractivity contribution is -0.203. The number of hydrogen-bond acceptors (Lipinski definition) is 9. The number of fused-ring (bicyclic) bond motifs is 3. The van der Waals surface area contributed by atoms with Gasteiger partial charge in [0.2, 0.25) is 11.8 Å². The Morgan fingerprint density at radius 3 is 2.00 bits per heavy atom. The van der Waals surface area contributed by atoms with Crippen molar-refractivity contribution in [3.8, 4) is 11.1 Å². The van der Waals surface area contributed by atoms with Crippen LogP contribution in [0.1, 0.15) is 43.7 Å². The van der Waals surface area contributed by atoms with Gasteiger partial charge in [-0.2, -0.15) is 12.6 Å². The zero-order valence-electron chi connectivity index (χ0n) is 21.9. The van der Waals surface area contributed by atoms with E-state index in [-0.39, 0.29) is 30.0 Å². The van der Waals surface area contributed by atoms with Crippen LogP contribution in [0.15, 0.2) is 48.5 Å². The Morgan fingerprint density at radius 1 is 0.897 bits per heavy atom. The second-order valence-corrected chi connectivity index (χ2v) is 9.51. The summed E-state index contributed by atoms with van der Waals surface area (Å²) in [5.41, 5.74) is 5.03. The molecule has 1 saturated heterocycles. The maximum atomic E-state index is 11.4. The van der Waals surface area contributed by atoms with Crippen LogP contribution >= 0.6 is 12.6 Å². The van der Waals surface area contributed by atoms with E-state index >= 15 is 0 Å². The van der Waals surface area contributed by atoms with Crippen molar-refractivity contribution in [3.05, 3.63) is 59.7 Å². The van der Waals surface area contributed by atoms with Gasteiger partial charge in [0.15, 0.2) is 6.23 Å². The Hall–Kier alpha value is -2.96. The molecule has 2 aromatic carbocycles. The number of aliphatic hydroxyl groups excluding tert-OH is 3. The Balaban J connectivity index is 0.000000216. The lowest BCUT2D eigenvalue weighted by Crippen LogP contribution is -2.68. The molecule has 4 rings (SSSR count). The van der Waals surface area contributed by atoms with E-state index in [1.54, 1.807) is 6.92 Å². The fraction of sp³-hybridized carbons (Fsp3) is 0.464. The molecule has 1 aliphatic heterocycles. The first kappa shape index (κ1) is 30.6. The third-order valence-electron chi connectivity index (χ3n) is 6.68. The average Bonchev–Trinajstić information content (AvgIpc) is 3.29. The van der Waals surface area contributed by atoms with Gasteiger partial charge in [-0.3, -0.25) is 14.4 Å². The predicted molar refractivity (Wildman–Crippen MR) is 147 cm³/mol. The van der Waals surface area contributed by atoms with Crippen molar-refractivity contribution in [2.45, 2.75) is 63.2 Å². The van der Waals surface area contributed by atoms with Gasteiger partial charge in [0, 0.05) is 18.8 Å². The zero-order valence-corrected chi connectivity index (χ0v) is 22.8. The number of benzene rings is 2. The van der Waals surface area contributed by atoms with Crippen LogP contribution in [0.2, 0.25) is 0 Å². The van der Waals surface area contributed by atoms with E-state index in [1.165, 1.54) is 22.3 Å². The van der Waals surface area contributed by atoms with Crippen LogP contribution < -0.4 is 10.6 Å². The van der Waals surface area contributed by atoms with Crippen molar-refractivity contribution in [1.29, 1.82) is 0 Å². The highest BCUT2D eigenvalue weighted by molar-refractivity contribution is 7.81. The Morgan fingerprint density at radius 2 is 1.49 bits per heavy atom. The predicted octanol–water partition coefficient (Wildman–Crippen LogP) is 1.12. The second-order valence-electron chi connectivity index (χ2n) is 9.20. The molecule has 0 spiro atoms. The molecule has 2 aromatic rings. The van der Waals surface area contributed by atoms with Crippen molar-refractivity contribution in [2.24, 2.45) is 0 Å². The van der Waals surface area contributed by atoms with Crippen molar-refractivity contribution in [1.82, 2.24) is 10.6 Å². The number of carbonyl (C=O) groups excluding carboxylic acids is 3. The van der Waals surface area contributed by atoms with Crippen LogP contribution in [0.5, 0.6) is 0 Å². The third kappa shape index (κ3) is 7.37. The van der Waals surface area contributed by atoms with Gasteiger partial charge in [0.05, 0.1) is 12.4 Å². The van der Waals surface area contributed by atoms with Crippen molar-refractivity contribution in [2.75, 3.05) is 19.0 Å². The monoisotopic (exact) mass is 560 g/mol. The number of carbonyl (C=O) groups is 3. The molecular weight excluding hydrogens is 524 g/mol. The lowest BCUT2D eigenvalue weighted by atomic mass is 9.96. The normalized spacial score (nSPS) is 23.5. The molecule has 212 valence electrons. The summed E-state index contributed by atoms with van der Waals surface area (Å²) in [6, 6.07) is 15.7. The van der Waals surface area contributed by atoms with E-state index in [9.17, 15) is 24.6 Å².